The predicted molar refractivity (Wildman–Crippen MR) is 117 cm³/mol. The third-order valence-corrected chi connectivity index (χ3v) is 6.45. The molecule has 146 valence electrons. The van der Waals surface area contributed by atoms with Gasteiger partial charge in [0.25, 0.3) is 0 Å². The number of fused-ring (bicyclic) bond motifs is 1. The molecule has 0 aliphatic heterocycles. The Bertz CT molecular complexity index is 1210. The molecule has 4 rings (SSSR count). The highest BCUT2D eigenvalue weighted by Crippen LogP contribution is 2.29. The number of nitrogens with one attached hydrogen (secondary N) is 1. The summed E-state index contributed by atoms with van der Waals surface area (Å²) >= 11 is 0. The van der Waals surface area contributed by atoms with E-state index in [1.54, 1.807) is 12.1 Å². The molecule has 4 aromatic rings. The Morgan fingerprint density at radius 1 is 0.655 bits per heavy atom. The largest absolute Gasteiger partial charge is 0.322 e. The molecule has 0 aromatic heterocycles. The van der Waals surface area contributed by atoms with Gasteiger partial charge < -0.3 is 5.73 Å². The van der Waals surface area contributed by atoms with Crippen LogP contribution in [0.5, 0.6) is 0 Å². The van der Waals surface area contributed by atoms with Crippen molar-refractivity contribution in [3.63, 3.8) is 0 Å². The lowest BCUT2D eigenvalue weighted by atomic mass is 9.95. The van der Waals surface area contributed by atoms with Gasteiger partial charge in [0.15, 0.2) is 0 Å². The molecular formula is C24H22N2O2S. The molecule has 0 saturated carbocycles. The van der Waals surface area contributed by atoms with Crippen LogP contribution in [0, 0.1) is 0 Å². The summed E-state index contributed by atoms with van der Waals surface area (Å²) in [6, 6.07) is 30.6. The van der Waals surface area contributed by atoms with Gasteiger partial charge in [-0.05, 0) is 34.0 Å². The van der Waals surface area contributed by atoms with Crippen molar-refractivity contribution in [2.24, 2.45) is 5.73 Å². The maximum atomic E-state index is 13.2. The third kappa shape index (κ3) is 4.22. The van der Waals surface area contributed by atoms with Crippen molar-refractivity contribution in [2.45, 2.75) is 17.0 Å². The van der Waals surface area contributed by atoms with E-state index < -0.39 is 22.1 Å². The molecule has 0 bridgehead atoms. The Labute approximate surface area is 171 Å². The van der Waals surface area contributed by atoms with Crippen LogP contribution in [-0.2, 0) is 10.0 Å². The first-order valence-corrected chi connectivity index (χ1v) is 10.9. The van der Waals surface area contributed by atoms with Crippen LogP contribution in [-0.4, -0.2) is 8.42 Å². The highest BCUT2D eigenvalue weighted by Gasteiger charge is 2.27. The average molecular weight is 403 g/mol. The van der Waals surface area contributed by atoms with Crippen LogP contribution in [0.25, 0.3) is 10.8 Å². The van der Waals surface area contributed by atoms with Gasteiger partial charge in [-0.1, -0.05) is 91.0 Å². The number of sulfonamides is 1. The number of rotatable bonds is 6. The first kappa shape index (κ1) is 19.3. The maximum Gasteiger partial charge on any atom is 0.241 e. The Morgan fingerprint density at radius 2 is 1.21 bits per heavy atom. The van der Waals surface area contributed by atoms with E-state index in [0.717, 1.165) is 21.9 Å². The van der Waals surface area contributed by atoms with E-state index in [1.807, 2.05) is 91.0 Å². The fourth-order valence-electron chi connectivity index (χ4n) is 3.45. The van der Waals surface area contributed by atoms with Crippen molar-refractivity contribution in [1.82, 2.24) is 4.72 Å². The lowest BCUT2D eigenvalue weighted by Gasteiger charge is -2.26. The van der Waals surface area contributed by atoms with Crippen molar-refractivity contribution in [3.05, 3.63) is 114 Å². The molecule has 0 spiro atoms. The van der Waals surface area contributed by atoms with E-state index in [-0.39, 0.29) is 4.90 Å². The highest BCUT2D eigenvalue weighted by molar-refractivity contribution is 7.89. The van der Waals surface area contributed by atoms with Crippen LogP contribution < -0.4 is 10.5 Å². The van der Waals surface area contributed by atoms with E-state index in [1.165, 1.54) is 0 Å². The standard InChI is InChI=1S/C24H22N2O2S/c25-23(19-10-3-1-4-11-19)24(20-12-5-2-6-13-20)26-29(27,28)22-16-15-18-9-7-8-14-21(18)17-22/h1-17,23-24,26H,25H2/t23-,24-/m0/s1. The fourth-order valence-corrected chi connectivity index (χ4v) is 4.73. The summed E-state index contributed by atoms with van der Waals surface area (Å²) < 4.78 is 29.3. The van der Waals surface area contributed by atoms with Gasteiger partial charge in [-0.25, -0.2) is 13.1 Å². The lowest BCUT2D eigenvalue weighted by molar-refractivity contribution is 0.504. The molecule has 4 aromatic carbocycles. The van der Waals surface area contributed by atoms with Gasteiger partial charge in [0.1, 0.15) is 0 Å². The van der Waals surface area contributed by atoms with Gasteiger partial charge in [0, 0.05) is 0 Å². The van der Waals surface area contributed by atoms with Gasteiger partial charge in [-0.15, -0.1) is 0 Å². The van der Waals surface area contributed by atoms with Gasteiger partial charge in [-0.3, -0.25) is 0 Å². The van der Waals surface area contributed by atoms with Crippen LogP contribution >= 0.6 is 0 Å². The molecule has 2 atom stereocenters. The summed E-state index contributed by atoms with van der Waals surface area (Å²) in [7, 11) is -3.78. The van der Waals surface area contributed by atoms with Gasteiger partial charge in [-0.2, -0.15) is 0 Å². The van der Waals surface area contributed by atoms with Crippen LogP contribution in [0.1, 0.15) is 23.2 Å². The van der Waals surface area contributed by atoms with Crippen molar-refractivity contribution in [2.75, 3.05) is 0 Å². The molecule has 0 unspecified atom stereocenters. The summed E-state index contributed by atoms with van der Waals surface area (Å²) in [6.07, 6.45) is 0. The van der Waals surface area contributed by atoms with Crippen molar-refractivity contribution in [1.29, 1.82) is 0 Å². The van der Waals surface area contributed by atoms with E-state index in [4.69, 9.17) is 5.73 Å². The Kier molecular flexibility index (Phi) is 5.45. The van der Waals surface area contributed by atoms with Crippen molar-refractivity contribution in [3.8, 4) is 0 Å². The maximum absolute atomic E-state index is 13.2. The third-order valence-electron chi connectivity index (χ3n) is 5.02. The topological polar surface area (TPSA) is 72.2 Å². The molecule has 0 aliphatic carbocycles. The zero-order chi connectivity index (χ0) is 20.3. The van der Waals surface area contributed by atoms with Crippen LogP contribution in [0.3, 0.4) is 0 Å². The minimum Gasteiger partial charge on any atom is -0.322 e. The van der Waals surface area contributed by atoms with Gasteiger partial charge in [0.2, 0.25) is 10.0 Å². The summed E-state index contributed by atoms with van der Waals surface area (Å²) in [5.41, 5.74) is 8.20. The van der Waals surface area contributed by atoms with E-state index in [2.05, 4.69) is 4.72 Å². The number of hydrogen-bond acceptors (Lipinski definition) is 3. The van der Waals surface area contributed by atoms with Crippen molar-refractivity contribution < 1.29 is 8.42 Å². The summed E-state index contributed by atoms with van der Waals surface area (Å²) in [5.74, 6) is 0. The molecule has 0 radical (unpaired) electrons. The Morgan fingerprint density at radius 3 is 1.86 bits per heavy atom. The zero-order valence-corrected chi connectivity index (χ0v) is 16.6. The lowest BCUT2D eigenvalue weighted by Crippen LogP contribution is -2.36. The van der Waals surface area contributed by atoms with Crippen molar-refractivity contribution >= 4 is 20.8 Å². The monoisotopic (exact) mass is 402 g/mol. The van der Waals surface area contributed by atoms with Crippen LogP contribution in [0.2, 0.25) is 0 Å². The first-order chi connectivity index (χ1) is 14.0. The quantitative estimate of drug-likeness (QED) is 0.497. The number of hydrogen-bond donors (Lipinski definition) is 2. The first-order valence-electron chi connectivity index (χ1n) is 9.41. The SMILES string of the molecule is N[C@@H](c1ccccc1)[C@@H](NS(=O)(=O)c1ccc2ccccc2c1)c1ccccc1. The predicted octanol–water partition coefficient (Wildman–Crippen LogP) is 4.56. The Balaban J connectivity index is 1.72. The fraction of sp³-hybridized carbons (Fsp3) is 0.0833. The van der Waals surface area contributed by atoms with E-state index in [9.17, 15) is 8.42 Å². The molecule has 0 saturated heterocycles. The summed E-state index contributed by atoms with van der Waals surface area (Å²) in [5, 5.41) is 1.87. The van der Waals surface area contributed by atoms with Crippen LogP contribution in [0.4, 0.5) is 0 Å². The number of benzene rings is 4. The average Bonchev–Trinajstić information content (AvgIpc) is 2.78. The van der Waals surface area contributed by atoms with Gasteiger partial charge >= 0.3 is 0 Å². The van der Waals surface area contributed by atoms with Gasteiger partial charge in [0.05, 0.1) is 17.0 Å². The molecule has 0 aliphatic rings. The molecule has 29 heavy (non-hydrogen) atoms. The minimum atomic E-state index is -3.78. The molecule has 4 nitrogen and oxygen atoms in total. The molecular weight excluding hydrogens is 380 g/mol. The number of nitrogens with two attached hydrogens (primary N) is 1. The molecule has 0 fully saturated rings. The summed E-state index contributed by atoms with van der Waals surface area (Å²) in [6.45, 7) is 0. The Hall–Kier alpha value is -2.99. The molecule has 5 heteroatoms. The highest BCUT2D eigenvalue weighted by atomic mass is 32.2. The normalized spacial score (nSPS) is 13.8. The second-order valence-electron chi connectivity index (χ2n) is 6.96. The second kappa shape index (κ2) is 8.17. The summed E-state index contributed by atoms with van der Waals surface area (Å²) in [4.78, 5) is 0.220. The molecule has 3 N–H and O–H groups in total. The van der Waals surface area contributed by atoms with E-state index >= 15 is 0 Å². The van der Waals surface area contributed by atoms with Crippen LogP contribution in [0.15, 0.2) is 108 Å². The van der Waals surface area contributed by atoms with E-state index in [0.29, 0.717) is 0 Å². The smallest absolute Gasteiger partial charge is 0.241 e. The molecule has 0 amide bonds. The molecule has 0 heterocycles. The minimum absolute atomic E-state index is 0.220. The zero-order valence-electron chi connectivity index (χ0n) is 15.8. The second-order valence-corrected chi connectivity index (χ2v) is 8.67.